The Morgan fingerprint density at radius 2 is 1.65 bits per heavy atom. The number of hydrogen-bond acceptors (Lipinski definition) is 5. The zero-order valence-electron chi connectivity index (χ0n) is 23.1. The first-order valence-electron chi connectivity index (χ1n) is 13.3. The van der Waals surface area contributed by atoms with Crippen LogP contribution in [0.15, 0.2) is 24.3 Å². The maximum absolute atomic E-state index is 13.9. The highest BCUT2D eigenvalue weighted by atomic mass is 32.1. The smallest absolute Gasteiger partial charge is 0.408 e. The number of amides is 3. The molecule has 0 heterocycles. The largest absolute Gasteiger partial charge is 0.444 e. The summed E-state index contributed by atoms with van der Waals surface area (Å²) in [6.07, 6.45) is 11.5. The Labute approximate surface area is 228 Å². The van der Waals surface area contributed by atoms with Gasteiger partial charge in [0.15, 0.2) is 0 Å². The molecule has 0 aliphatic rings. The summed E-state index contributed by atoms with van der Waals surface area (Å²) in [4.78, 5) is 41.4. The van der Waals surface area contributed by atoms with Crippen LogP contribution in [0, 0.1) is 12.3 Å². The first-order valence-corrected chi connectivity index (χ1v) is 14.0. The summed E-state index contributed by atoms with van der Waals surface area (Å²) in [5.74, 6) is 2.00. The van der Waals surface area contributed by atoms with Crippen molar-refractivity contribution in [2.75, 3.05) is 18.8 Å². The lowest BCUT2D eigenvalue weighted by atomic mass is 10.0. The number of terminal acetylenes is 1. The Balaban J connectivity index is 3.34. The SMILES string of the molecule is C#Cc1ccc(C(C(=O)NCCCC)N(CCCCCCC)C(=O)C(CS)NC(=O)OC(C)(C)C)cc1. The molecule has 0 spiro atoms. The summed E-state index contributed by atoms with van der Waals surface area (Å²) in [7, 11) is 0. The minimum atomic E-state index is -0.954. The molecule has 1 rings (SSSR count). The second kappa shape index (κ2) is 17.0. The molecular weight excluding hydrogens is 486 g/mol. The van der Waals surface area contributed by atoms with E-state index in [1.165, 1.54) is 0 Å². The topological polar surface area (TPSA) is 87.7 Å². The maximum Gasteiger partial charge on any atom is 0.408 e. The van der Waals surface area contributed by atoms with E-state index < -0.39 is 23.8 Å². The van der Waals surface area contributed by atoms with Crippen LogP contribution in [0.1, 0.15) is 96.7 Å². The molecule has 0 fully saturated rings. The molecule has 8 heteroatoms. The summed E-state index contributed by atoms with van der Waals surface area (Å²) in [5, 5.41) is 5.62. The molecule has 1 aromatic carbocycles. The van der Waals surface area contributed by atoms with Gasteiger partial charge in [-0.1, -0.05) is 64.0 Å². The van der Waals surface area contributed by atoms with E-state index in [0.29, 0.717) is 24.2 Å². The first-order chi connectivity index (χ1) is 17.6. The maximum atomic E-state index is 13.9. The normalized spacial score (nSPS) is 12.7. The number of rotatable bonds is 15. The van der Waals surface area contributed by atoms with Gasteiger partial charge in [0.05, 0.1) is 0 Å². The third-order valence-electron chi connectivity index (χ3n) is 5.74. The Kier molecular flexibility index (Phi) is 14.8. The van der Waals surface area contributed by atoms with E-state index in [9.17, 15) is 14.4 Å². The average molecular weight is 532 g/mol. The van der Waals surface area contributed by atoms with Gasteiger partial charge in [-0.05, 0) is 51.3 Å². The molecule has 0 saturated carbocycles. The molecule has 0 aliphatic carbocycles. The van der Waals surface area contributed by atoms with Crippen LogP contribution in [0.5, 0.6) is 0 Å². The summed E-state index contributed by atoms with van der Waals surface area (Å²) in [6, 6.07) is 5.28. The number of ether oxygens (including phenoxy) is 1. The fraction of sp³-hybridized carbons (Fsp3) is 0.621. The van der Waals surface area contributed by atoms with Gasteiger partial charge in [-0.3, -0.25) is 9.59 Å². The molecule has 1 aromatic rings. The number of unbranched alkanes of at least 4 members (excludes halogenated alkanes) is 5. The molecule has 0 aromatic heterocycles. The van der Waals surface area contributed by atoms with Gasteiger partial charge in [-0.25, -0.2) is 4.79 Å². The van der Waals surface area contributed by atoms with Crippen molar-refractivity contribution < 1.29 is 19.1 Å². The molecule has 0 aliphatic heterocycles. The zero-order valence-corrected chi connectivity index (χ0v) is 24.0. The van der Waals surface area contributed by atoms with Crippen LogP contribution >= 0.6 is 12.6 Å². The lowest BCUT2D eigenvalue weighted by Gasteiger charge is -2.34. The van der Waals surface area contributed by atoms with Crippen LogP contribution in [-0.2, 0) is 14.3 Å². The fourth-order valence-electron chi connectivity index (χ4n) is 3.81. The number of carbonyl (C=O) groups excluding carboxylic acids is 3. The van der Waals surface area contributed by atoms with Crippen LogP contribution in [0.2, 0.25) is 0 Å². The van der Waals surface area contributed by atoms with E-state index in [1.54, 1.807) is 49.9 Å². The highest BCUT2D eigenvalue weighted by molar-refractivity contribution is 7.80. The molecule has 37 heavy (non-hydrogen) atoms. The molecule has 7 nitrogen and oxygen atoms in total. The van der Waals surface area contributed by atoms with Crippen molar-refractivity contribution in [1.82, 2.24) is 15.5 Å². The lowest BCUT2D eigenvalue weighted by molar-refractivity contribution is -0.142. The highest BCUT2D eigenvalue weighted by Gasteiger charge is 2.35. The third kappa shape index (κ3) is 12.0. The fourth-order valence-corrected chi connectivity index (χ4v) is 4.05. The molecule has 0 radical (unpaired) electrons. The molecule has 3 amide bonds. The molecule has 2 atom stereocenters. The predicted molar refractivity (Wildman–Crippen MR) is 153 cm³/mol. The second-order valence-electron chi connectivity index (χ2n) is 10.1. The van der Waals surface area contributed by atoms with Crippen molar-refractivity contribution in [3.05, 3.63) is 35.4 Å². The van der Waals surface area contributed by atoms with E-state index in [4.69, 9.17) is 11.2 Å². The quantitative estimate of drug-likeness (QED) is 0.164. The van der Waals surface area contributed by atoms with E-state index in [2.05, 4.69) is 36.1 Å². The van der Waals surface area contributed by atoms with Crippen LogP contribution < -0.4 is 10.6 Å². The Bertz CT molecular complexity index is 890. The van der Waals surface area contributed by atoms with Crippen molar-refractivity contribution in [3.63, 3.8) is 0 Å². The van der Waals surface area contributed by atoms with Crippen LogP contribution in [0.25, 0.3) is 0 Å². The van der Waals surface area contributed by atoms with Gasteiger partial charge in [0.1, 0.15) is 17.7 Å². The summed E-state index contributed by atoms with van der Waals surface area (Å²) in [5.41, 5.74) is 0.629. The lowest BCUT2D eigenvalue weighted by Crippen LogP contribution is -2.54. The summed E-state index contributed by atoms with van der Waals surface area (Å²) >= 11 is 4.33. The van der Waals surface area contributed by atoms with Crippen molar-refractivity contribution >= 4 is 30.5 Å². The average Bonchev–Trinajstić information content (AvgIpc) is 2.85. The van der Waals surface area contributed by atoms with Crippen molar-refractivity contribution in [1.29, 1.82) is 0 Å². The molecule has 0 saturated heterocycles. The number of thiol groups is 1. The third-order valence-corrected chi connectivity index (χ3v) is 6.11. The van der Waals surface area contributed by atoms with Crippen LogP contribution in [0.4, 0.5) is 4.79 Å². The Morgan fingerprint density at radius 1 is 1.03 bits per heavy atom. The number of nitrogens with one attached hydrogen (secondary N) is 2. The van der Waals surface area contributed by atoms with Gasteiger partial charge >= 0.3 is 6.09 Å². The van der Waals surface area contributed by atoms with Crippen LogP contribution in [-0.4, -0.2) is 53.3 Å². The van der Waals surface area contributed by atoms with Gasteiger partial charge < -0.3 is 20.3 Å². The monoisotopic (exact) mass is 531 g/mol. The van der Waals surface area contributed by atoms with E-state index in [0.717, 1.165) is 44.9 Å². The number of hydrogen-bond donors (Lipinski definition) is 3. The number of alkyl carbamates (subject to hydrolysis) is 1. The number of benzene rings is 1. The first kappa shape index (κ1) is 32.4. The molecule has 2 N–H and O–H groups in total. The van der Waals surface area contributed by atoms with Crippen molar-refractivity contribution in [3.8, 4) is 12.3 Å². The Hall–Kier alpha value is -2.66. The Morgan fingerprint density at radius 3 is 2.19 bits per heavy atom. The minimum absolute atomic E-state index is 0.0601. The van der Waals surface area contributed by atoms with E-state index >= 15 is 0 Å². The molecule has 0 bridgehead atoms. The second-order valence-corrected chi connectivity index (χ2v) is 10.5. The van der Waals surface area contributed by atoms with Gasteiger partial charge in [0, 0.05) is 24.4 Å². The van der Waals surface area contributed by atoms with E-state index in [-0.39, 0.29) is 17.6 Å². The molecule has 2 unspecified atom stereocenters. The minimum Gasteiger partial charge on any atom is -0.444 e. The van der Waals surface area contributed by atoms with Crippen molar-refractivity contribution in [2.24, 2.45) is 0 Å². The number of carbonyl (C=O) groups is 3. The molecular formula is C29H45N3O4S. The predicted octanol–water partition coefficient (Wildman–Crippen LogP) is 5.25. The van der Waals surface area contributed by atoms with Crippen molar-refractivity contribution in [2.45, 2.75) is 97.2 Å². The van der Waals surface area contributed by atoms with E-state index in [1.807, 2.05) is 6.92 Å². The van der Waals surface area contributed by atoms with Gasteiger partial charge in [-0.2, -0.15) is 12.6 Å². The number of nitrogens with zero attached hydrogens (tertiary/aromatic N) is 1. The van der Waals surface area contributed by atoms with Gasteiger partial charge in [0.25, 0.3) is 0 Å². The summed E-state index contributed by atoms with van der Waals surface area (Å²) in [6.45, 7) is 10.3. The van der Waals surface area contributed by atoms with Crippen LogP contribution in [0.3, 0.4) is 0 Å². The summed E-state index contributed by atoms with van der Waals surface area (Å²) < 4.78 is 5.36. The standard InChI is InChI=1S/C29H45N3O4S/c1-7-10-12-13-14-20-32(27(34)24(21-37)31-28(35)36-29(4,5)6)25(26(33)30-19-11-8-2)23-17-15-22(9-3)16-18-23/h3,15-18,24-25,37H,7-8,10-14,19-21H2,1-2,4-6H3,(H,30,33)(H,31,35). The van der Waals surface area contributed by atoms with Gasteiger partial charge in [-0.15, -0.1) is 6.42 Å². The molecule has 206 valence electrons. The van der Waals surface area contributed by atoms with Gasteiger partial charge in [0.2, 0.25) is 11.8 Å². The zero-order chi connectivity index (χ0) is 27.8. The highest BCUT2D eigenvalue weighted by Crippen LogP contribution is 2.24.